The van der Waals surface area contributed by atoms with E-state index in [4.69, 9.17) is 4.74 Å². The zero-order valence-electron chi connectivity index (χ0n) is 13.7. The number of amides is 1. The molecular formula is C19H19N3O2. The van der Waals surface area contributed by atoms with Gasteiger partial charge in [0, 0.05) is 29.2 Å². The summed E-state index contributed by atoms with van der Waals surface area (Å²) < 4.78 is 7.49. The van der Waals surface area contributed by atoms with Gasteiger partial charge in [0.25, 0.3) is 5.91 Å². The molecule has 0 saturated heterocycles. The Bertz CT molecular complexity index is 882. The first kappa shape index (κ1) is 15.8. The van der Waals surface area contributed by atoms with Crippen LogP contribution in [0.1, 0.15) is 11.3 Å². The molecular weight excluding hydrogens is 302 g/mol. The predicted octanol–water partition coefficient (Wildman–Crippen LogP) is 3.02. The maximum absolute atomic E-state index is 11.8. The number of nitrogens with zero attached hydrogens (tertiary/aromatic N) is 2. The number of hydrazone groups is 1. The lowest BCUT2D eigenvalue weighted by molar-refractivity contribution is -0.123. The van der Waals surface area contributed by atoms with Gasteiger partial charge in [-0.3, -0.25) is 4.79 Å². The van der Waals surface area contributed by atoms with Crippen molar-refractivity contribution in [3.05, 3.63) is 65.9 Å². The fourth-order valence-corrected chi connectivity index (χ4v) is 2.58. The molecule has 5 heteroatoms. The summed E-state index contributed by atoms with van der Waals surface area (Å²) in [5.41, 5.74) is 5.72. The Kier molecular flexibility index (Phi) is 4.61. The Morgan fingerprint density at radius 1 is 1.17 bits per heavy atom. The molecule has 0 saturated carbocycles. The lowest BCUT2D eigenvalue weighted by Crippen LogP contribution is -2.24. The van der Waals surface area contributed by atoms with Crippen LogP contribution in [0.5, 0.6) is 5.75 Å². The molecule has 3 rings (SSSR count). The third-order valence-corrected chi connectivity index (χ3v) is 3.94. The van der Waals surface area contributed by atoms with Crippen LogP contribution in [0.4, 0.5) is 0 Å². The van der Waals surface area contributed by atoms with Crippen molar-refractivity contribution in [3.8, 4) is 5.75 Å². The van der Waals surface area contributed by atoms with Crippen LogP contribution in [-0.4, -0.2) is 23.3 Å². The predicted molar refractivity (Wildman–Crippen MR) is 95.3 cm³/mol. The van der Waals surface area contributed by atoms with Crippen molar-refractivity contribution in [2.24, 2.45) is 12.1 Å². The Morgan fingerprint density at radius 2 is 1.88 bits per heavy atom. The highest BCUT2D eigenvalue weighted by Crippen LogP contribution is 2.22. The number of nitrogens with one attached hydrogen (secondary N) is 1. The molecule has 0 aliphatic rings. The lowest BCUT2D eigenvalue weighted by atomic mass is 10.1. The first-order valence-corrected chi connectivity index (χ1v) is 7.70. The molecule has 0 aliphatic carbocycles. The van der Waals surface area contributed by atoms with Gasteiger partial charge >= 0.3 is 0 Å². The van der Waals surface area contributed by atoms with E-state index in [2.05, 4.69) is 21.2 Å². The molecule has 1 heterocycles. The molecule has 122 valence electrons. The molecule has 0 atom stereocenters. The smallest absolute Gasteiger partial charge is 0.277 e. The van der Waals surface area contributed by atoms with Gasteiger partial charge in [0.2, 0.25) is 0 Å². The van der Waals surface area contributed by atoms with Crippen LogP contribution in [0.25, 0.3) is 10.9 Å². The summed E-state index contributed by atoms with van der Waals surface area (Å²) >= 11 is 0. The minimum Gasteiger partial charge on any atom is -0.484 e. The molecule has 1 aromatic heterocycles. The van der Waals surface area contributed by atoms with Crippen LogP contribution in [0.3, 0.4) is 0 Å². The second-order valence-electron chi connectivity index (χ2n) is 5.47. The Labute approximate surface area is 140 Å². The maximum atomic E-state index is 11.8. The fourth-order valence-electron chi connectivity index (χ4n) is 2.58. The van der Waals surface area contributed by atoms with Gasteiger partial charge in [0.15, 0.2) is 6.61 Å². The maximum Gasteiger partial charge on any atom is 0.277 e. The van der Waals surface area contributed by atoms with Gasteiger partial charge in [0.05, 0.1) is 6.21 Å². The van der Waals surface area contributed by atoms with Crippen LogP contribution in [0, 0.1) is 6.92 Å². The molecule has 5 nitrogen and oxygen atoms in total. The Morgan fingerprint density at radius 3 is 2.67 bits per heavy atom. The topological polar surface area (TPSA) is 55.6 Å². The summed E-state index contributed by atoms with van der Waals surface area (Å²) in [5.74, 6) is 0.356. The summed E-state index contributed by atoms with van der Waals surface area (Å²) in [7, 11) is 2.02. The fraction of sp³-hybridized carbons (Fsp3) is 0.158. The number of rotatable bonds is 5. The zero-order chi connectivity index (χ0) is 16.9. The van der Waals surface area contributed by atoms with E-state index in [0.717, 1.165) is 22.2 Å². The molecule has 0 fully saturated rings. The number of benzene rings is 2. The van der Waals surface area contributed by atoms with Crippen molar-refractivity contribution < 1.29 is 9.53 Å². The monoisotopic (exact) mass is 321 g/mol. The van der Waals surface area contributed by atoms with E-state index in [1.165, 1.54) is 0 Å². The van der Waals surface area contributed by atoms with Gasteiger partial charge in [-0.2, -0.15) is 5.10 Å². The molecule has 3 aromatic rings. The molecule has 0 bridgehead atoms. The van der Waals surface area contributed by atoms with Crippen LogP contribution in [0.2, 0.25) is 0 Å². The largest absolute Gasteiger partial charge is 0.484 e. The van der Waals surface area contributed by atoms with E-state index in [9.17, 15) is 4.79 Å². The van der Waals surface area contributed by atoms with E-state index in [1.807, 2.05) is 50.4 Å². The average Bonchev–Trinajstić information content (AvgIpc) is 2.86. The number of fused-ring (bicyclic) bond motifs is 1. The number of para-hydroxylation sites is 2. The molecule has 24 heavy (non-hydrogen) atoms. The quantitative estimate of drug-likeness (QED) is 0.580. The van der Waals surface area contributed by atoms with E-state index in [1.54, 1.807) is 18.3 Å². The third-order valence-electron chi connectivity index (χ3n) is 3.94. The van der Waals surface area contributed by atoms with E-state index < -0.39 is 0 Å². The first-order chi connectivity index (χ1) is 11.7. The van der Waals surface area contributed by atoms with Gasteiger partial charge in [-0.25, -0.2) is 5.43 Å². The number of hydrogen-bond acceptors (Lipinski definition) is 3. The summed E-state index contributed by atoms with van der Waals surface area (Å²) in [5, 5.41) is 5.17. The van der Waals surface area contributed by atoms with Crippen molar-refractivity contribution in [3.63, 3.8) is 0 Å². The van der Waals surface area contributed by atoms with E-state index in [0.29, 0.717) is 5.75 Å². The normalized spacial score (nSPS) is 11.1. The van der Waals surface area contributed by atoms with Crippen molar-refractivity contribution in [2.45, 2.75) is 6.92 Å². The number of hydrogen-bond donors (Lipinski definition) is 1. The molecule has 1 N–H and O–H groups in total. The van der Waals surface area contributed by atoms with Crippen molar-refractivity contribution in [2.75, 3.05) is 6.61 Å². The molecule has 2 aromatic carbocycles. The standard InChI is InChI=1S/C19H19N3O2/c1-14-17(16-10-6-7-11-18(16)22(14)2)12-20-21-19(23)13-24-15-8-4-3-5-9-15/h3-12H,13H2,1-2H3,(H,21,23). The molecule has 0 aliphatic heterocycles. The highest BCUT2D eigenvalue weighted by Gasteiger charge is 2.09. The lowest BCUT2D eigenvalue weighted by Gasteiger charge is -2.04. The Balaban J connectivity index is 1.64. The van der Waals surface area contributed by atoms with Gasteiger partial charge in [-0.15, -0.1) is 0 Å². The molecule has 1 amide bonds. The van der Waals surface area contributed by atoms with Crippen molar-refractivity contribution >= 4 is 23.0 Å². The summed E-state index contributed by atoms with van der Waals surface area (Å²) in [6.45, 7) is 1.96. The number of aryl methyl sites for hydroxylation is 1. The molecule has 0 unspecified atom stereocenters. The summed E-state index contributed by atoms with van der Waals surface area (Å²) in [6, 6.07) is 17.3. The number of carbonyl (C=O) groups excluding carboxylic acids is 1. The summed E-state index contributed by atoms with van der Waals surface area (Å²) in [6.07, 6.45) is 1.68. The van der Waals surface area contributed by atoms with Crippen LogP contribution in [0.15, 0.2) is 59.7 Å². The van der Waals surface area contributed by atoms with Gasteiger partial charge in [-0.1, -0.05) is 36.4 Å². The van der Waals surface area contributed by atoms with Crippen LogP contribution >= 0.6 is 0 Å². The minimum absolute atomic E-state index is 0.0735. The number of aromatic nitrogens is 1. The van der Waals surface area contributed by atoms with Crippen molar-refractivity contribution in [1.29, 1.82) is 0 Å². The second-order valence-corrected chi connectivity index (χ2v) is 5.47. The highest BCUT2D eigenvalue weighted by molar-refractivity contribution is 6.01. The first-order valence-electron chi connectivity index (χ1n) is 7.70. The van der Waals surface area contributed by atoms with E-state index >= 15 is 0 Å². The third kappa shape index (κ3) is 3.30. The zero-order valence-corrected chi connectivity index (χ0v) is 13.7. The van der Waals surface area contributed by atoms with Crippen molar-refractivity contribution in [1.82, 2.24) is 9.99 Å². The van der Waals surface area contributed by atoms with Gasteiger partial charge < -0.3 is 9.30 Å². The van der Waals surface area contributed by atoms with Crippen LogP contribution < -0.4 is 10.2 Å². The second kappa shape index (κ2) is 7.00. The molecule has 0 spiro atoms. The Hall–Kier alpha value is -3.08. The van der Waals surface area contributed by atoms with E-state index in [-0.39, 0.29) is 12.5 Å². The van der Waals surface area contributed by atoms with Gasteiger partial charge in [-0.05, 0) is 25.1 Å². The number of carbonyl (C=O) groups is 1. The minimum atomic E-state index is -0.298. The average molecular weight is 321 g/mol. The molecule has 0 radical (unpaired) electrons. The van der Waals surface area contributed by atoms with Crippen LogP contribution in [-0.2, 0) is 11.8 Å². The van der Waals surface area contributed by atoms with Gasteiger partial charge in [0.1, 0.15) is 5.75 Å². The summed E-state index contributed by atoms with van der Waals surface area (Å²) in [4.78, 5) is 11.8. The highest BCUT2D eigenvalue weighted by atomic mass is 16.5. The SMILES string of the molecule is Cc1c(C=NNC(=O)COc2ccccc2)c2ccccc2n1C. The number of ether oxygens (including phenoxy) is 1.